The topological polar surface area (TPSA) is 158 Å². The molecule has 0 spiro atoms. The number of rotatable bonds is 15. The number of esters is 1. The minimum atomic E-state index is -0.747. The molecule has 0 aliphatic heterocycles. The van der Waals surface area contributed by atoms with Crippen LogP contribution in [0.15, 0.2) is 0 Å². The van der Waals surface area contributed by atoms with Gasteiger partial charge in [-0.1, -0.05) is 53.4 Å². The predicted octanol–water partition coefficient (Wildman–Crippen LogP) is -0.997. The molecular weight excluding hydrogens is 499 g/mol. The average molecular weight is 548 g/mol. The Morgan fingerprint density at radius 2 is 1.26 bits per heavy atom. The summed E-state index contributed by atoms with van der Waals surface area (Å²) in [7, 11) is 1.26. The van der Waals surface area contributed by atoms with E-state index in [4.69, 9.17) is 21.8 Å². The van der Waals surface area contributed by atoms with Crippen LogP contribution in [-0.2, 0) is 23.9 Å². The first-order valence-corrected chi connectivity index (χ1v) is 12.5. The molecule has 0 unspecified atom stereocenters. The number of methoxy groups -OCH3 is 1. The molecular formula is C24H48Cl2N2O7. The molecule has 0 heterocycles. The highest BCUT2D eigenvalue weighted by Gasteiger charge is 2.21. The Morgan fingerprint density at radius 1 is 0.857 bits per heavy atom. The van der Waals surface area contributed by atoms with E-state index < -0.39 is 18.1 Å². The molecule has 0 aliphatic rings. The smallest absolute Gasteiger partial charge is 0.366 e. The van der Waals surface area contributed by atoms with Crippen molar-refractivity contribution in [3.05, 3.63) is 0 Å². The van der Waals surface area contributed by atoms with Gasteiger partial charge in [-0.3, -0.25) is 14.4 Å². The van der Waals surface area contributed by atoms with Crippen LogP contribution in [0, 0.1) is 11.8 Å². The molecule has 0 fully saturated rings. The summed E-state index contributed by atoms with van der Waals surface area (Å²) in [5.74, 6) is -0.729. The summed E-state index contributed by atoms with van der Waals surface area (Å²) in [6.07, 6.45) is 7.52. The van der Waals surface area contributed by atoms with Gasteiger partial charge in [-0.05, 0) is 44.2 Å². The Balaban J connectivity index is -0.000000218. The van der Waals surface area contributed by atoms with Gasteiger partial charge in [0.05, 0.1) is 13.7 Å². The van der Waals surface area contributed by atoms with Crippen molar-refractivity contribution in [2.24, 2.45) is 11.8 Å². The first-order chi connectivity index (χ1) is 16.0. The third-order valence-corrected chi connectivity index (χ3v) is 5.29. The van der Waals surface area contributed by atoms with E-state index in [1.165, 1.54) is 14.0 Å². The van der Waals surface area contributed by atoms with Crippen LogP contribution in [-0.4, -0.2) is 65.5 Å². The number of nitrogens with one attached hydrogen (secondary N) is 1. The van der Waals surface area contributed by atoms with E-state index in [2.05, 4.69) is 29.6 Å². The van der Waals surface area contributed by atoms with Crippen molar-refractivity contribution in [2.75, 3.05) is 20.3 Å². The lowest BCUT2D eigenvalue weighted by Gasteiger charge is -2.19. The maximum Gasteiger partial charge on any atom is 0.366 e. The fourth-order valence-electron chi connectivity index (χ4n) is 2.98. The molecule has 1 amide bonds. The largest absolute Gasteiger partial charge is 1.00 e. The molecule has 0 saturated carbocycles. The van der Waals surface area contributed by atoms with E-state index in [-0.39, 0.29) is 54.4 Å². The number of halogens is 2. The quantitative estimate of drug-likeness (QED) is 0.151. The van der Waals surface area contributed by atoms with Gasteiger partial charge in [-0.2, -0.15) is 0 Å². The van der Waals surface area contributed by atoms with Crippen LogP contribution in [0.4, 0.5) is 0 Å². The fourth-order valence-corrected chi connectivity index (χ4v) is 3.20. The highest BCUT2D eigenvalue weighted by molar-refractivity contribution is 6.63. The number of amides is 1. The van der Waals surface area contributed by atoms with Crippen molar-refractivity contribution in [2.45, 2.75) is 98.1 Å². The van der Waals surface area contributed by atoms with Gasteiger partial charge in [0, 0.05) is 11.8 Å². The maximum atomic E-state index is 11.8. The lowest BCUT2D eigenvalue weighted by Crippen LogP contribution is -3.00. The van der Waals surface area contributed by atoms with Crippen molar-refractivity contribution < 1.29 is 52.3 Å². The van der Waals surface area contributed by atoms with Gasteiger partial charge in [0.15, 0.2) is 5.78 Å². The second kappa shape index (κ2) is 27.3. The number of aliphatic hydroxyl groups is 2. The van der Waals surface area contributed by atoms with Crippen LogP contribution < -0.4 is 23.5 Å². The minimum Gasteiger partial charge on any atom is -1.00 e. The first kappa shape index (κ1) is 40.9. The van der Waals surface area contributed by atoms with Crippen molar-refractivity contribution in [3.63, 3.8) is 0 Å². The average Bonchev–Trinajstić information content (AvgIpc) is 2.81. The number of carbonyl (C=O) groups is 4. The standard InChI is InChI=1S/C12H23NO3.C8H15ClO.C4H9NO3.ClH/c1-4-6-10(7-5-2)12(16)13-11(8-14)9(3)15;1-3-5-7(6-4-2)8(9)10;1-8-4(7)3(5)2-6;/h10-11,14H,4-8H2,1-3H3,(H,13,16);7H,3-6H2,1-2H3;3,6H,2,5H2,1H3;1H/t11-;;3-;/m0.0./s1. The Kier molecular flexibility index (Phi) is 31.9. The predicted molar refractivity (Wildman–Crippen MR) is 133 cm³/mol. The summed E-state index contributed by atoms with van der Waals surface area (Å²) in [4.78, 5) is 43.9. The number of ketones is 1. The van der Waals surface area contributed by atoms with Crippen LogP contribution in [0.5, 0.6) is 0 Å². The zero-order chi connectivity index (χ0) is 27.1. The van der Waals surface area contributed by atoms with Crippen LogP contribution >= 0.6 is 11.6 Å². The van der Waals surface area contributed by atoms with Gasteiger partial charge in [-0.25, -0.2) is 4.79 Å². The highest BCUT2D eigenvalue weighted by Crippen LogP contribution is 2.16. The summed E-state index contributed by atoms with van der Waals surface area (Å²) < 4.78 is 4.24. The molecule has 0 aliphatic carbocycles. The Hall–Kier alpha value is -1.26. The fraction of sp³-hybridized carbons (Fsp3) is 0.833. The number of aliphatic hydroxyl groups excluding tert-OH is 2. The Labute approximate surface area is 222 Å². The highest BCUT2D eigenvalue weighted by atomic mass is 35.5. The van der Waals surface area contributed by atoms with Gasteiger partial charge in [0.25, 0.3) is 0 Å². The maximum absolute atomic E-state index is 11.8. The van der Waals surface area contributed by atoms with E-state index >= 15 is 0 Å². The second-order valence-corrected chi connectivity index (χ2v) is 8.48. The van der Waals surface area contributed by atoms with Gasteiger partial charge in [-0.15, -0.1) is 0 Å². The molecule has 0 bridgehead atoms. The SMILES string of the molecule is CCCC(CCC)C(=O)Cl.CCCC(CCC)C(=O)N[C@@H](CO)C(C)=O.COC(=O)[C@@H]([NH3+])CO.[Cl-]. The molecule has 9 nitrogen and oxygen atoms in total. The van der Waals surface area contributed by atoms with Gasteiger partial charge in [0.1, 0.15) is 12.6 Å². The molecule has 11 heteroatoms. The van der Waals surface area contributed by atoms with Crippen LogP contribution in [0.25, 0.3) is 0 Å². The zero-order valence-corrected chi connectivity index (χ0v) is 23.8. The number of ether oxygens (including phenoxy) is 1. The number of hydrogen-bond acceptors (Lipinski definition) is 7. The first-order valence-electron chi connectivity index (χ1n) is 12.1. The monoisotopic (exact) mass is 546 g/mol. The van der Waals surface area contributed by atoms with E-state index in [9.17, 15) is 19.2 Å². The molecule has 0 aromatic rings. The zero-order valence-electron chi connectivity index (χ0n) is 22.3. The summed E-state index contributed by atoms with van der Waals surface area (Å²) in [5, 5.41) is 19.7. The molecule has 0 saturated heterocycles. The third kappa shape index (κ3) is 22.9. The van der Waals surface area contributed by atoms with Crippen LogP contribution in [0.2, 0.25) is 0 Å². The molecule has 0 radical (unpaired) electrons. The molecule has 0 aromatic heterocycles. The van der Waals surface area contributed by atoms with Crippen LogP contribution in [0.1, 0.15) is 86.0 Å². The Morgan fingerprint density at radius 3 is 1.49 bits per heavy atom. The van der Waals surface area contributed by atoms with Gasteiger partial charge < -0.3 is 38.4 Å². The number of hydrogen-bond donors (Lipinski definition) is 4. The van der Waals surface area contributed by atoms with E-state index in [0.717, 1.165) is 51.4 Å². The lowest BCUT2D eigenvalue weighted by atomic mass is 9.97. The molecule has 6 N–H and O–H groups in total. The van der Waals surface area contributed by atoms with Crippen molar-refractivity contribution in [3.8, 4) is 0 Å². The number of carbonyl (C=O) groups excluding carboxylic acids is 4. The van der Waals surface area contributed by atoms with E-state index in [1.807, 2.05) is 13.8 Å². The summed E-state index contributed by atoms with van der Waals surface area (Å²) >= 11 is 5.36. The summed E-state index contributed by atoms with van der Waals surface area (Å²) in [6, 6.07) is -1.39. The van der Waals surface area contributed by atoms with Crippen molar-refractivity contribution >= 4 is 34.5 Å². The molecule has 0 aromatic carbocycles. The lowest BCUT2D eigenvalue weighted by molar-refractivity contribution is -0.413. The molecule has 210 valence electrons. The van der Waals surface area contributed by atoms with Gasteiger partial charge >= 0.3 is 5.97 Å². The number of Topliss-reactive ketones (excluding diaryl/α,β-unsaturated/α-hetero) is 1. The normalized spacial score (nSPS) is 11.7. The van der Waals surface area contributed by atoms with E-state index in [0.29, 0.717) is 0 Å². The molecule has 2 atom stereocenters. The summed E-state index contributed by atoms with van der Waals surface area (Å²) in [6.45, 7) is 8.99. The molecule has 0 rings (SSSR count). The Bertz CT molecular complexity index is 554. The van der Waals surface area contributed by atoms with Crippen LogP contribution in [0.3, 0.4) is 0 Å². The number of quaternary nitrogens is 1. The third-order valence-electron chi connectivity index (χ3n) is 4.98. The second-order valence-electron chi connectivity index (χ2n) is 8.11. The minimum absolute atomic E-state index is 0. The van der Waals surface area contributed by atoms with E-state index in [1.54, 1.807) is 0 Å². The molecule has 35 heavy (non-hydrogen) atoms. The van der Waals surface area contributed by atoms with Gasteiger partial charge in [0.2, 0.25) is 17.2 Å². The summed E-state index contributed by atoms with van der Waals surface area (Å²) in [5.41, 5.74) is 3.30. The van der Waals surface area contributed by atoms with Crippen molar-refractivity contribution in [1.82, 2.24) is 5.32 Å². The van der Waals surface area contributed by atoms with Crippen molar-refractivity contribution in [1.29, 1.82) is 0 Å².